The summed E-state index contributed by atoms with van der Waals surface area (Å²) in [6.07, 6.45) is 2.04. The standard InChI is InChI=1S/C14H20F2N2O2S/c1-18-8-6-11(7-9-18)10-17-12-4-2-3-5-13(12)21(19,20)14(15)16/h2-5,11,14,17H,6-10H2,1H3. The number of rotatable bonds is 5. The van der Waals surface area contributed by atoms with Crippen LogP contribution in [-0.4, -0.2) is 45.8 Å². The molecule has 0 bridgehead atoms. The van der Waals surface area contributed by atoms with E-state index < -0.39 is 15.6 Å². The molecule has 1 saturated heterocycles. The Morgan fingerprint density at radius 2 is 1.90 bits per heavy atom. The van der Waals surface area contributed by atoms with E-state index in [4.69, 9.17) is 0 Å². The summed E-state index contributed by atoms with van der Waals surface area (Å²) < 4.78 is 48.7. The Hall–Kier alpha value is -1.21. The van der Waals surface area contributed by atoms with Gasteiger partial charge in [-0.25, -0.2) is 8.42 Å². The van der Waals surface area contributed by atoms with Gasteiger partial charge in [-0.15, -0.1) is 0 Å². The Morgan fingerprint density at radius 1 is 1.29 bits per heavy atom. The average molecular weight is 318 g/mol. The van der Waals surface area contributed by atoms with Crippen molar-refractivity contribution in [3.05, 3.63) is 24.3 Å². The van der Waals surface area contributed by atoms with Gasteiger partial charge in [0.15, 0.2) is 0 Å². The molecule has 0 amide bonds. The number of alkyl halides is 2. The van der Waals surface area contributed by atoms with Gasteiger partial charge in [-0.1, -0.05) is 12.1 Å². The first-order valence-corrected chi connectivity index (χ1v) is 8.49. The number of hydrogen-bond donors (Lipinski definition) is 1. The summed E-state index contributed by atoms with van der Waals surface area (Å²) in [7, 11) is -2.51. The first kappa shape index (κ1) is 16.2. The van der Waals surface area contributed by atoms with E-state index in [0.29, 0.717) is 12.5 Å². The Morgan fingerprint density at radius 3 is 2.52 bits per heavy atom. The number of sulfone groups is 1. The lowest BCUT2D eigenvalue weighted by atomic mass is 9.97. The maximum absolute atomic E-state index is 12.7. The number of para-hydroxylation sites is 1. The first-order valence-electron chi connectivity index (χ1n) is 6.94. The lowest BCUT2D eigenvalue weighted by molar-refractivity contribution is 0.226. The molecule has 0 atom stereocenters. The van der Waals surface area contributed by atoms with Crippen LogP contribution in [0.25, 0.3) is 0 Å². The van der Waals surface area contributed by atoms with Crippen LogP contribution in [0.3, 0.4) is 0 Å². The summed E-state index contributed by atoms with van der Waals surface area (Å²) in [5, 5.41) is 3.03. The fourth-order valence-electron chi connectivity index (χ4n) is 2.48. The van der Waals surface area contributed by atoms with E-state index in [9.17, 15) is 17.2 Å². The molecule has 1 aliphatic rings. The number of likely N-dealkylation sites (tertiary alicyclic amines) is 1. The normalized spacial score (nSPS) is 18.1. The van der Waals surface area contributed by atoms with Gasteiger partial charge < -0.3 is 10.2 Å². The second kappa shape index (κ2) is 6.70. The zero-order chi connectivity index (χ0) is 15.5. The first-order chi connectivity index (χ1) is 9.91. The van der Waals surface area contributed by atoms with Gasteiger partial charge in [-0.05, 0) is 51.0 Å². The monoisotopic (exact) mass is 318 g/mol. The molecule has 1 N–H and O–H groups in total. The van der Waals surface area contributed by atoms with Gasteiger partial charge in [0.1, 0.15) is 0 Å². The molecule has 1 fully saturated rings. The number of piperidine rings is 1. The predicted octanol–water partition coefficient (Wildman–Crippen LogP) is 2.44. The number of nitrogens with zero attached hydrogens (tertiary/aromatic N) is 1. The fraction of sp³-hybridized carbons (Fsp3) is 0.571. The summed E-state index contributed by atoms with van der Waals surface area (Å²) in [4.78, 5) is 1.92. The Labute approximate surface area is 124 Å². The molecule has 1 aromatic rings. The molecule has 0 saturated carbocycles. The fourth-order valence-corrected chi connectivity index (χ4v) is 3.38. The molecule has 1 heterocycles. The van der Waals surface area contributed by atoms with Crippen LogP contribution in [0, 0.1) is 5.92 Å². The third kappa shape index (κ3) is 3.91. The van der Waals surface area contributed by atoms with E-state index in [-0.39, 0.29) is 10.6 Å². The van der Waals surface area contributed by atoms with Crippen LogP contribution in [0.1, 0.15) is 12.8 Å². The minimum absolute atomic E-state index is 0.261. The van der Waals surface area contributed by atoms with Crippen LogP contribution in [0.5, 0.6) is 0 Å². The third-order valence-electron chi connectivity index (χ3n) is 3.85. The van der Waals surface area contributed by atoms with Crippen LogP contribution < -0.4 is 5.32 Å². The third-order valence-corrected chi connectivity index (χ3v) is 5.29. The molecule has 7 heteroatoms. The SMILES string of the molecule is CN1CCC(CNc2ccccc2S(=O)(=O)C(F)F)CC1. The van der Waals surface area contributed by atoms with E-state index in [0.717, 1.165) is 25.9 Å². The molecule has 0 aliphatic carbocycles. The Kier molecular flexibility index (Phi) is 5.16. The Balaban J connectivity index is 2.07. The number of hydrogen-bond acceptors (Lipinski definition) is 4. The van der Waals surface area contributed by atoms with Crippen molar-refractivity contribution >= 4 is 15.5 Å². The van der Waals surface area contributed by atoms with Gasteiger partial charge in [0.25, 0.3) is 0 Å². The van der Waals surface area contributed by atoms with Crippen molar-refractivity contribution in [3.63, 3.8) is 0 Å². The molecule has 4 nitrogen and oxygen atoms in total. The van der Waals surface area contributed by atoms with Crippen molar-refractivity contribution in [1.29, 1.82) is 0 Å². The molecule has 1 aromatic carbocycles. The number of benzene rings is 1. The summed E-state index contributed by atoms with van der Waals surface area (Å²) in [5.41, 5.74) is 0.261. The molecule has 21 heavy (non-hydrogen) atoms. The quantitative estimate of drug-likeness (QED) is 0.906. The van der Waals surface area contributed by atoms with E-state index >= 15 is 0 Å². The summed E-state index contributed by atoms with van der Waals surface area (Å²) in [5.74, 6) is -2.97. The van der Waals surface area contributed by atoms with Gasteiger partial charge in [-0.2, -0.15) is 8.78 Å². The second-order valence-corrected chi connectivity index (χ2v) is 7.32. The maximum Gasteiger partial charge on any atom is 0.341 e. The van der Waals surface area contributed by atoms with E-state index in [1.165, 1.54) is 18.2 Å². The molecule has 0 aromatic heterocycles. The van der Waals surface area contributed by atoms with Gasteiger partial charge in [0, 0.05) is 6.54 Å². The molecule has 0 radical (unpaired) electrons. The lowest BCUT2D eigenvalue weighted by Crippen LogP contribution is -2.33. The molecular formula is C14H20F2N2O2S. The summed E-state index contributed by atoms with van der Waals surface area (Å²) >= 11 is 0. The molecular weight excluding hydrogens is 298 g/mol. The molecule has 1 aliphatic heterocycles. The zero-order valence-corrected chi connectivity index (χ0v) is 12.7. The largest absolute Gasteiger partial charge is 0.384 e. The lowest BCUT2D eigenvalue weighted by Gasteiger charge is -2.29. The zero-order valence-electron chi connectivity index (χ0n) is 11.9. The van der Waals surface area contributed by atoms with Crippen LogP contribution in [0.4, 0.5) is 14.5 Å². The Bertz CT molecular complexity index is 570. The smallest absolute Gasteiger partial charge is 0.341 e. The van der Waals surface area contributed by atoms with Gasteiger partial charge in [0.05, 0.1) is 10.6 Å². The van der Waals surface area contributed by atoms with Crippen molar-refractivity contribution in [2.75, 3.05) is 32.0 Å². The van der Waals surface area contributed by atoms with E-state index in [1.807, 2.05) is 0 Å². The van der Waals surface area contributed by atoms with Crippen molar-refractivity contribution in [3.8, 4) is 0 Å². The van der Waals surface area contributed by atoms with Crippen LogP contribution in [0.15, 0.2) is 29.2 Å². The van der Waals surface area contributed by atoms with Gasteiger partial charge in [0.2, 0.25) is 9.84 Å². The van der Waals surface area contributed by atoms with Crippen molar-refractivity contribution in [1.82, 2.24) is 4.90 Å². The maximum atomic E-state index is 12.7. The number of halogens is 2. The van der Waals surface area contributed by atoms with Crippen LogP contribution in [0.2, 0.25) is 0 Å². The average Bonchev–Trinajstić information content (AvgIpc) is 2.47. The highest BCUT2D eigenvalue weighted by Gasteiger charge is 2.29. The van der Waals surface area contributed by atoms with Gasteiger partial charge >= 0.3 is 5.76 Å². The van der Waals surface area contributed by atoms with Crippen LogP contribution in [-0.2, 0) is 9.84 Å². The van der Waals surface area contributed by atoms with Crippen LogP contribution >= 0.6 is 0 Å². The van der Waals surface area contributed by atoms with Gasteiger partial charge in [-0.3, -0.25) is 0 Å². The number of anilines is 1. The highest BCUT2D eigenvalue weighted by atomic mass is 32.2. The molecule has 118 valence electrons. The second-order valence-electron chi connectivity index (χ2n) is 5.43. The van der Waals surface area contributed by atoms with Crippen molar-refractivity contribution in [2.45, 2.75) is 23.5 Å². The molecule has 2 rings (SSSR count). The van der Waals surface area contributed by atoms with E-state index in [2.05, 4.69) is 17.3 Å². The van der Waals surface area contributed by atoms with Crippen molar-refractivity contribution < 1.29 is 17.2 Å². The van der Waals surface area contributed by atoms with Crippen molar-refractivity contribution in [2.24, 2.45) is 5.92 Å². The van der Waals surface area contributed by atoms with E-state index in [1.54, 1.807) is 6.07 Å². The summed E-state index contributed by atoms with van der Waals surface area (Å²) in [6.45, 7) is 2.61. The minimum atomic E-state index is -4.57. The topological polar surface area (TPSA) is 49.4 Å². The highest BCUT2D eigenvalue weighted by molar-refractivity contribution is 7.91. The highest BCUT2D eigenvalue weighted by Crippen LogP contribution is 2.27. The summed E-state index contributed by atoms with van der Waals surface area (Å²) in [6, 6.07) is 5.85. The number of nitrogens with one attached hydrogen (secondary N) is 1. The molecule has 0 unspecified atom stereocenters. The predicted molar refractivity (Wildman–Crippen MR) is 78.3 cm³/mol. The molecule has 0 spiro atoms. The minimum Gasteiger partial charge on any atom is -0.384 e.